The van der Waals surface area contributed by atoms with E-state index in [1.54, 1.807) is 11.3 Å². The number of aryl methyl sites for hydroxylation is 1. The van der Waals surface area contributed by atoms with Gasteiger partial charge in [0.1, 0.15) is 5.15 Å². The van der Waals surface area contributed by atoms with Crippen LogP contribution in [0, 0.1) is 0 Å². The number of thiazole rings is 1. The molecule has 1 nitrogen and oxygen atoms in total. The van der Waals surface area contributed by atoms with Crippen LogP contribution in [0.15, 0.2) is 3.92 Å². The summed E-state index contributed by atoms with van der Waals surface area (Å²) in [5.74, 6) is 0. The van der Waals surface area contributed by atoms with Crippen LogP contribution >= 0.6 is 38.9 Å². The molecule has 0 bridgehead atoms. The van der Waals surface area contributed by atoms with Crippen molar-refractivity contribution in [3.8, 4) is 0 Å². The van der Waals surface area contributed by atoms with Crippen molar-refractivity contribution in [2.24, 2.45) is 0 Å². The van der Waals surface area contributed by atoms with Gasteiger partial charge in [0.05, 0.1) is 0 Å². The Hall–Kier alpha value is 0.400. The van der Waals surface area contributed by atoms with Crippen LogP contribution in [0.4, 0.5) is 0 Å². The average Bonchev–Trinajstić information content (AvgIpc) is 2.10. The van der Waals surface area contributed by atoms with E-state index in [2.05, 4.69) is 27.8 Å². The summed E-state index contributed by atoms with van der Waals surface area (Å²) in [6, 6.07) is 0. The summed E-state index contributed by atoms with van der Waals surface area (Å²) in [5, 5.41) is 0.634. The van der Waals surface area contributed by atoms with E-state index in [1.807, 2.05) is 0 Å². The van der Waals surface area contributed by atoms with Crippen LogP contribution in [-0.2, 0) is 6.42 Å². The van der Waals surface area contributed by atoms with Crippen molar-refractivity contribution in [3.05, 3.63) is 13.9 Å². The largest absolute Gasteiger partial charge is 0.217 e. The highest BCUT2D eigenvalue weighted by molar-refractivity contribution is 9.11. The lowest BCUT2D eigenvalue weighted by molar-refractivity contribution is 1.17. The van der Waals surface area contributed by atoms with Crippen LogP contribution in [-0.4, -0.2) is 4.98 Å². The van der Waals surface area contributed by atoms with Crippen molar-refractivity contribution in [2.45, 2.75) is 13.3 Å². The van der Waals surface area contributed by atoms with Crippen LogP contribution in [0.5, 0.6) is 0 Å². The molecule has 1 heterocycles. The van der Waals surface area contributed by atoms with E-state index >= 15 is 0 Å². The van der Waals surface area contributed by atoms with Gasteiger partial charge in [-0.3, -0.25) is 0 Å². The van der Waals surface area contributed by atoms with Crippen LogP contribution in [0.2, 0.25) is 5.15 Å². The first kappa shape index (κ1) is 7.51. The summed E-state index contributed by atoms with van der Waals surface area (Å²) in [4.78, 5) is 5.12. The lowest BCUT2D eigenvalue weighted by Gasteiger charge is -1.83. The van der Waals surface area contributed by atoms with Crippen molar-refractivity contribution in [1.82, 2.24) is 4.98 Å². The minimum atomic E-state index is 0.634. The topological polar surface area (TPSA) is 12.9 Å². The Kier molecular flexibility index (Phi) is 2.50. The maximum absolute atomic E-state index is 5.71. The van der Waals surface area contributed by atoms with Gasteiger partial charge in [0.15, 0.2) is 3.92 Å². The van der Waals surface area contributed by atoms with Crippen LogP contribution in [0.3, 0.4) is 0 Å². The van der Waals surface area contributed by atoms with Gasteiger partial charge < -0.3 is 0 Å². The first-order valence-corrected chi connectivity index (χ1v) is 4.53. The third-order valence-corrected chi connectivity index (χ3v) is 3.02. The molecule has 1 rings (SSSR count). The Morgan fingerprint density at radius 2 is 2.44 bits per heavy atom. The molecule has 0 fully saturated rings. The molecule has 0 N–H and O–H groups in total. The van der Waals surface area contributed by atoms with Gasteiger partial charge in [-0.15, -0.1) is 11.3 Å². The van der Waals surface area contributed by atoms with Crippen LogP contribution in [0.1, 0.15) is 11.8 Å². The molecule has 0 aliphatic rings. The second-order valence-corrected chi connectivity index (χ2v) is 4.25. The summed E-state index contributed by atoms with van der Waals surface area (Å²) >= 11 is 10.5. The molecule has 0 saturated heterocycles. The zero-order valence-corrected chi connectivity index (χ0v) is 7.98. The number of halogens is 2. The highest BCUT2D eigenvalue weighted by Gasteiger charge is 2.03. The second kappa shape index (κ2) is 2.99. The van der Waals surface area contributed by atoms with E-state index in [9.17, 15) is 0 Å². The first-order chi connectivity index (χ1) is 4.24. The molecule has 9 heavy (non-hydrogen) atoms. The first-order valence-electron chi connectivity index (χ1n) is 2.54. The lowest BCUT2D eigenvalue weighted by atomic mass is 10.4. The molecule has 0 saturated carbocycles. The summed E-state index contributed by atoms with van der Waals surface area (Å²) in [6.45, 7) is 2.06. The Bertz CT molecular complexity index is 211. The molecule has 0 amide bonds. The Balaban J connectivity index is 3.01. The van der Waals surface area contributed by atoms with Crippen LogP contribution < -0.4 is 0 Å². The van der Waals surface area contributed by atoms with Crippen molar-refractivity contribution < 1.29 is 0 Å². The molecular weight excluding hydrogens is 221 g/mol. The van der Waals surface area contributed by atoms with Crippen molar-refractivity contribution >= 4 is 38.9 Å². The van der Waals surface area contributed by atoms with Gasteiger partial charge in [0.25, 0.3) is 0 Å². The van der Waals surface area contributed by atoms with Gasteiger partial charge in [-0.25, -0.2) is 4.98 Å². The molecule has 50 valence electrons. The van der Waals surface area contributed by atoms with Crippen molar-refractivity contribution in [3.63, 3.8) is 0 Å². The standard InChI is InChI=1S/C5H5BrClNS/c1-2-3-4(7)8-5(6)9-3/h2H2,1H3. The minimum Gasteiger partial charge on any atom is -0.217 e. The third-order valence-electron chi connectivity index (χ3n) is 0.945. The average molecular weight is 227 g/mol. The maximum Gasteiger partial charge on any atom is 0.161 e. The normalized spacial score (nSPS) is 10.1. The second-order valence-electron chi connectivity index (χ2n) is 1.53. The summed E-state index contributed by atoms with van der Waals surface area (Å²) in [5.41, 5.74) is 0. The van der Waals surface area contributed by atoms with E-state index in [0.717, 1.165) is 15.2 Å². The van der Waals surface area contributed by atoms with Gasteiger partial charge in [-0.05, 0) is 22.4 Å². The van der Waals surface area contributed by atoms with E-state index < -0.39 is 0 Å². The zero-order chi connectivity index (χ0) is 6.85. The smallest absolute Gasteiger partial charge is 0.161 e. The highest BCUT2D eigenvalue weighted by Crippen LogP contribution is 2.26. The van der Waals surface area contributed by atoms with Gasteiger partial charge in [-0.1, -0.05) is 18.5 Å². The van der Waals surface area contributed by atoms with Crippen molar-refractivity contribution in [2.75, 3.05) is 0 Å². The van der Waals surface area contributed by atoms with E-state index in [1.165, 1.54) is 0 Å². The molecule has 4 heteroatoms. The number of hydrogen-bond donors (Lipinski definition) is 0. The van der Waals surface area contributed by atoms with E-state index in [0.29, 0.717) is 5.15 Å². The van der Waals surface area contributed by atoms with Gasteiger partial charge in [0.2, 0.25) is 0 Å². The van der Waals surface area contributed by atoms with Gasteiger partial charge >= 0.3 is 0 Å². The minimum absolute atomic E-state index is 0.634. The highest BCUT2D eigenvalue weighted by atomic mass is 79.9. The number of rotatable bonds is 1. The number of aromatic nitrogens is 1. The predicted octanol–water partition coefficient (Wildman–Crippen LogP) is 3.12. The van der Waals surface area contributed by atoms with E-state index in [4.69, 9.17) is 11.6 Å². The molecule has 0 radical (unpaired) electrons. The number of nitrogens with zero attached hydrogens (tertiary/aromatic N) is 1. The Labute approximate surface area is 71.2 Å². The fourth-order valence-corrected chi connectivity index (χ4v) is 2.39. The van der Waals surface area contributed by atoms with Crippen LogP contribution in [0.25, 0.3) is 0 Å². The van der Waals surface area contributed by atoms with Gasteiger partial charge in [-0.2, -0.15) is 0 Å². The monoisotopic (exact) mass is 225 g/mol. The molecule has 0 spiro atoms. The molecule has 0 aliphatic carbocycles. The summed E-state index contributed by atoms with van der Waals surface area (Å²) in [7, 11) is 0. The lowest BCUT2D eigenvalue weighted by Crippen LogP contribution is -1.70. The predicted molar refractivity (Wildman–Crippen MR) is 44.2 cm³/mol. The fourth-order valence-electron chi connectivity index (χ4n) is 0.524. The molecule has 0 aliphatic heterocycles. The molecule has 1 aromatic heterocycles. The molecule has 0 unspecified atom stereocenters. The Morgan fingerprint density at radius 1 is 1.78 bits per heavy atom. The zero-order valence-electron chi connectivity index (χ0n) is 4.82. The number of hydrogen-bond acceptors (Lipinski definition) is 2. The molecular formula is C5H5BrClNS. The van der Waals surface area contributed by atoms with Gasteiger partial charge in [0, 0.05) is 4.88 Å². The van der Waals surface area contributed by atoms with Crippen molar-refractivity contribution in [1.29, 1.82) is 0 Å². The maximum atomic E-state index is 5.71. The van der Waals surface area contributed by atoms with E-state index in [-0.39, 0.29) is 0 Å². The SMILES string of the molecule is CCc1sc(Br)nc1Cl. The summed E-state index contributed by atoms with van der Waals surface area (Å²) in [6.07, 6.45) is 0.960. The molecule has 0 aromatic carbocycles. The Morgan fingerprint density at radius 3 is 2.67 bits per heavy atom. The molecule has 1 aromatic rings. The molecule has 0 atom stereocenters. The third kappa shape index (κ3) is 1.66. The quantitative estimate of drug-likeness (QED) is 0.717. The summed E-state index contributed by atoms with van der Waals surface area (Å²) < 4.78 is 0.865. The fraction of sp³-hybridized carbons (Fsp3) is 0.400.